The van der Waals surface area contributed by atoms with E-state index in [-0.39, 0.29) is 30.7 Å². The molecule has 1 aliphatic heterocycles. The number of nitrogens with zero attached hydrogens (tertiary/aromatic N) is 1. The molecule has 0 atom stereocenters. The van der Waals surface area contributed by atoms with Crippen LogP contribution in [0.25, 0.3) is 0 Å². The maximum absolute atomic E-state index is 14.1. The zero-order valence-electron chi connectivity index (χ0n) is 23.5. The summed E-state index contributed by atoms with van der Waals surface area (Å²) in [5, 5.41) is 3.37. The van der Waals surface area contributed by atoms with Crippen molar-refractivity contribution in [2.45, 2.75) is 51.7 Å². The number of amides is 1. The van der Waals surface area contributed by atoms with Gasteiger partial charge in [-0.1, -0.05) is 41.5 Å². The molecule has 0 radical (unpaired) electrons. The molecule has 1 amide bonds. The normalized spacial score (nSPS) is 14.9. The number of hydrogen-bond acceptors (Lipinski definition) is 5. The van der Waals surface area contributed by atoms with E-state index in [1.807, 2.05) is 0 Å². The fourth-order valence-corrected chi connectivity index (χ4v) is 5.25. The highest BCUT2D eigenvalue weighted by molar-refractivity contribution is 5.96. The Morgan fingerprint density at radius 3 is 2.35 bits per heavy atom. The molecule has 0 unspecified atom stereocenters. The van der Waals surface area contributed by atoms with Crippen LogP contribution in [0, 0.1) is 25.5 Å². The van der Waals surface area contributed by atoms with E-state index >= 15 is 0 Å². The first-order valence-corrected chi connectivity index (χ1v) is 13.4. The predicted octanol–water partition coefficient (Wildman–Crippen LogP) is 5.62. The molecule has 0 spiro atoms. The third-order valence-electron chi connectivity index (χ3n) is 7.50. The number of nitrogens with one attached hydrogen (secondary N) is 1. The number of aryl methyl sites for hydroxylation is 3. The van der Waals surface area contributed by atoms with Gasteiger partial charge in [-0.15, -0.1) is 0 Å². The summed E-state index contributed by atoms with van der Waals surface area (Å²) in [5.41, 5.74) is 4.48. The second-order valence-corrected chi connectivity index (χ2v) is 10.6. The third-order valence-corrected chi connectivity index (χ3v) is 7.50. The van der Waals surface area contributed by atoms with Gasteiger partial charge in [0.25, 0.3) is 5.91 Å². The Bertz CT molecular complexity index is 1360. The number of esters is 1. The van der Waals surface area contributed by atoms with Crippen molar-refractivity contribution in [1.29, 1.82) is 0 Å². The number of likely N-dealkylation sites (tertiary alicyclic amines) is 1. The number of methoxy groups -OCH3 is 1. The van der Waals surface area contributed by atoms with Crippen molar-refractivity contribution in [2.75, 3.05) is 27.2 Å². The van der Waals surface area contributed by atoms with E-state index < -0.39 is 17.2 Å². The van der Waals surface area contributed by atoms with Crippen LogP contribution >= 0.6 is 0 Å². The molecule has 1 aliphatic rings. The van der Waals surface area contributed by atoms with Gasteiger partial charge in [0, 0.05) is 31.1 Å². The first-order valence-electron chi connectivity index (χ1n) is 13.4. The summed E-state index contributed by atoms with van der Waals surface area (Å²) < 4.78 is 38.1. The Morgan fingerprint density at radius 1 is 0.975 bits per heavy atom. The number of halogens is 2. The zero-order chi connectivity index (χ0) is 28.9. The van der Waals surface area contributed by atoms with Crippen molar-refractivity contribution < 1.29 is 27.8 Å². The number of hydrogen-bond donors (Lipinski definition) is 1. The molecule has 0 bridgehead atoms. The fraction of sp³-hybridized carbons (Fsp3) is 0.375. The van der Waals surface area contributed by atoms with Crippen molar-refractivity contribution in [3.05, 3.63) is 99.6 Å². The molecular weight excluding hydrogens is 514 g/mol. The molecule has 1 heterocycles. The van der Waals surface area contributed by atoms with E-state index in [0.717, 1.165) is 60.8 Å². The summed E-state index contributed by atoms with van der Waals surface area (Å²) in [4.78, 5) is 28.1. The van der Waals surface area contributed by atoms with E-state index in [0.29, 0.717) is 23.1 Å². The SMILES string of the molecule is COC(=O)CCc1ccc(COc2cc(F)ccc2F)cc1C(=O)NC1(c2cc(C)cc(C)c2)CCN(C)CC1. The average molecular weight is 551 g/mol. The minimum absolute atomic E-state index is 0.0645. The summed E-state index contributed by atoms with van der Waals surface area (Å²) in [5.74, 6) is -2.12. The van der Waals surface area contributed by atoms with Gasteiger partial charge >= 0.3 is 5.97 Å². The van der Waals surface area contributed by atoms with E-state index in [4.69, 9.17) is 9.47 Å². The van der Waals surface area contributed by atoms with Gasteiger partial charge in [-0.05, 0) is 75.0 Å². The first-order chi connectivity index (χ1) is 19.1. The van der Waals surface area contributed by atoms with Crippen molar-refractivity contribution >= 4 is 11.9 Å². The molecule has 40 heavy (non-hydrogen) atoms. The predicted molar refractivity (Wildman–Crippen MR) is 149 cm³/mol. The molecule has 0 saturated carbocycles. The van der Waals surface area contributed by atoms with E-state index in [1.165, 1.54) is 7.11 Å². The molecular formula is C32H36F2N2O4. The maximum atomic E-state index is 14.1. The van der Waals surface area contributed by atoms with Crippen LogP contribution in [-0.2, 0) is 28.1 Å². The quantitative estimate of drug-likeness (QED) is 0.351. The fourth-order valence-electron chi connectivity index (χ4n) is 5.25. The monoisotopic (exact) mass is 550 g/mol. The number of piperidine rings is 1. The molecule has 6 nitrogen and oxygen atoms in total. The van der Waals surface area contributed by atoms with Crippen LogP contribution in [0.4, 0.5) is 8.78 Å². The molecule has 3 aromatic carbocycles. The van der Waals surface area contributed by atoms with E-state index in [1.54, 1.807) is 18.2 Å². The van der Waals surface area contributed by atoms with Gasteiger partial charge < -0.3 is 19.7 Å². The molecule has 212 valence electrons. The van der Waals surface area contributed by atoms with Gasteiger partial charge in [0.2, 0.25) is 0 Å². The second kappa shape index (κ2) is 12.6. The standard InChI is InChI=1S/C32H36F2N2O4/c1-21-15-22(2)17-25(16-21)32(11-13-36(3)14-12-32)35-31(38)27-18-23(5-6-24(27)7-10-30(37)39-4)20-40-29-19-26(33)8-9-28(29)34/h5-6,8-9,15-19H,7,10-14,20H2,1-4H3,(H,35,38). The van der Waals surface area contributed by atoms with Crippen LogP contribution in [0.1, 0.15) is 57.4 Å². The van der Waals surface area contributed by atoms with Gasteiger partial charge in [-0.2, -0.15) is 0 Å². The molecule has 1 N–H and O–H groups in total. The van der Waals surface area contributed by atoms with E-state index in [2.05, 4.69) is 49.3 Å². The topological polar surface area (TPSA) is 67.9 Å². The van der Waals surface area contributed by atoms with Crippen LogP contribution in [0.15, 0.2) is 54.6 Å². The zero-order valence-corrected chi connectivity index (χ0v) is 23.5. The molecule has 0 aromatic heterocycles. The van der Waals surface area contributed by atoms with Crippen LogP contribution in [-0.4, -0.2) is 44.0 Å². The largest absolute Gasteiger partial charge is 0.486 e. The summed E-state index contributed by atoms with van der Waals surface area (Å²) in [6.07, 6.45) is 1.93. The minimum atomic E-state index is -0.674. The molecule has 0 aliphatic carbocycles. The smallest absolute Gasteiger partial charge is 0.305 e. The third kappa shape index (κ3) is 7.04. The summed E-state index contributed by atoms with van der Waals surface area (Å²) in [6.45, 7) is 5.70. The Kier molecular flexibility index (Phi) is 9.20. The second-order valence-electron chi connectivity index (χ2n) is 10.6. The van der Waals surface area contributed by atoms with Crippen LogP contribution in [0.2, 0.25) is 0 Å². The summed E-state index contributed by atoms with van der Waals surface area (Å²) >= 11 is 0. The number of rotatable bonds is 9. The van der Waals surface area contributed by atoms with Crippen molar-refractivity contribution in [3.8, 4) is 5.75 Å². The minimum Gasteiger partial charge on any atom is -0.486 e. The highest BCUT2D eigenvalue weighted by Crippen LogP contribution is 2.34. The van der Waals surface area contributed by atoms with Gasteiger partial charge in [0.05, 0.1) is 12.6 Å². The van der Waals surface area contributed by atoms with E-state index in [9.17, 15) is 18.4 Å². The molecule has 1 saturated heterocycles. The first kappa shape index (κ1) is 29.2. The highest BCUT2D eigenvalue weighted by Gasteiger charge is 2.37. The Labute approximate surface area is 234 Å². The lowest BCUT2D eigenvalue weighted by atomic mass is 9.79. The molecule has 3 aromatic rings. The van der Waals surface area contributed by atoms with Gasteiger partial charge in [-0.3, -0.25) is 9.59 Å². The van der Waals surface area contributed by atoms with Crippen LogP contribution < -0.4 is 10.1 Å². The number of carbonyl (C=O) groups excluding carboxylic acids is 2. The number of benzene rings is 3. The van der Waals surface area contributed by atoms with Crippen molar-refractivity contribution in [2.24, 2.45) is 0 Å². The maximum Gasteiger partial charge on any atom is 0.305 e. The average Bonchev–Trinajstić information content (AvgIpc) is 2.93. The summed E-state index contributed by atoms with van der Waals surface area (Å²) in [6, 6.07) is 14.6. The van der Waals surface area contributed by atoms with Crippen molar-refractivity contribution in [3.63, 3.8) is 0 Å². The molecule has 4 rings (SSSR count). The Balaban J connectivity index is 1.66. The lowest BCUT2D eigenvalue weighted by molar-refractivity contribution is -0.140. The van der Waals surface area contributed by atoms with Gasteiger partial charge in [0.1, 0.15) is 12.4 Å². The Morgan fingerprint density at radius 2 is 1.68 bits per heavy atom. The highest BCUT2D eigenvalue weighted by atomic mass is 19.1. The summed E-state index contributed by atoms with van der Waals surface area (Å²) in [7, 11) is 3.40. The molecule has 1 fully saturated rings. The van der Waals surface area contributed by atoms with Crippen LogP contribution in [0.5, 0.6) is 5.75 Å². The number of ether oxygens (including phenoxy) is 2. The van der Waals surface area contributed by atoms with Crippen LogP contribution in [0.3, 0.4) is 0 Å². The van der Waals surface area contributed by atoms with Gasteiger partial charge in [-0.25, -0.2) is 8.78 Å². The van der Waals surface area contributed by atoms with Gasteiger partial charge in [0.15, 0.2) is 11.6 Å². The lowest BCUT2D eigenvalue weighted by Crippen LogP contribution is -2.52. The Hall–Kier alpha value is -3.78. The lowest BCUT2D eigenvalue weighted by Gasteiger charge is -2.42. The molecule has 8 heteroatoms. The van der Waals surface area contributed by atoms with Crippen molar-refractivity contribution in [1.82, 2.24) is 10.2 Å². The number of carbonyl (C=O) groups is 2.